The molecule has 0 saturated heterocycles. The monoisotopic (exact) mass is 312 g/mol. The molecule has 106 valence electrons. The number of rotatable bonds is 4. The fourth-order valence-corrected chi connectivity index (χ4v) is 2.60. The molecule has 2 rings (SSSR count). The zero-order valence-electron chi connectivity index (χ0n) is 11.0. The van der Waals surface area contributed by atoms with Gasteiger partial charge in [0.25, 0.3) is 0 Å². The first-order valence-corrected chi connectivity index (χ1v) is 6.93. The van der Waals surface area contributed by atoms with Gasteiger partial charge in [0.2, 0.25) is 0 Å². The molecule has 0 aliphatic rings. The molecule has 2 aromatic carbocycles. The lowest BCUT2D eigenvalue weighted by Gasteiger charge is -2.20. The zero-order valence-corrected chi connectivity index (χ0v) is 12.5. The second kappa shape index (κ2) is 6.55. The van der Waals surface area contributed by atoms with Crippen LogP contribution >= 0.6 is 23.2 Å². The summed E-state index contributed by atoms with van der Waals surface area (Å²) in [6.45, 7) is 1.96. The van der Waals surface area contributed by atoms with Gasteiger partial charge in [-0.3, -0.25) is 11.3 Å². The van der Waals surface area contributed by atoms with Gasteiger partial charge in [-0.1, -0.05) is 35.3 Å². The van der Waals surface area contributed by atoms with Crippen molar-refractivity contribution in [2.45, 2.75) is 19.4 Å². The molecule has 2 nitrogen and oxygen atoms in total. The van der Waals surface area contributed by atoms with Crippen molar-refractivity contribution in [3.63, 3.8) is 0 Å². The molecule has 0 amide bonds. The maximum atomic E-state index is 13.9. The molecule has 0 fully saturated rings. The van der Waals surface area contributed by atoms with Crippen LogP contribution in [0.15, 0.2) is 36.4 Å². The van der Waals surface area contributed by atoms with Crippen LogP contribution in [-0.2, 0) is 6.42 Å². The third-order valence-corrected chi connectivity index (χ3v) is 3.88. The van der Waals surface area contributed by atoms with E-state index in [-0.39, 0.29) is 11.9 Å². The fraction of sp³-hybridized carbons (Fsp3) is 0.200. The number of nitrogens with two attached hydrogens (primary N) is 1. The summed E-state index contributed by atoms with van der Waals surface area (Å²) < 4.78 is 13.9. The summed E-state index contributed by atoms with van der Waals surface area (Å²) in [5.74, 6) is 5.28. The third-order valence-electron chi connectivity index (χ3n) is 3.29. The second-order valence-corrected chi connectivity index (χ2v) is 5.47. The van der Waals surface area contributed by atoms with Crippen molar-refractivity contribution in [2.75, 3.05) is 0 Å². The summed E-state index contributed by atoms with van der Waals surface area (Å²) in [5, 5.41) is 1.01. The zero-order chi connectivity index (χ0) is 14.7. The van der Waals surface area contributed by atoms with Crippen molar-refractivity contribution in [1.82, 2.24) is 5.43 Å². The average Bonchev–Trinajstić information content (AvgIpc) is 2.42. The van der Waals surface area contributed by atoms with Crippen LogP contribution in [0.4, 0.5) is 4.39 Å². The van der Waals surface area contributed by atoms with Crippen molar-refractivity contribution >= 4 is 23.2 Å². The Kier molecular flexibility index (Phi) is 5.00. The smallest absolute Gasteiger partial charge is 0.127 e. The van der Waals surface area contributed by atoms with Gasteiger partial charge in [-0.05, 0) is 48.7 Å². The van der Waals surface area contributed by atoms with Crippen LogP contribution in [0.5, 0.6) is 0 Å². The molecular weight excluding hydrogens is 298 g/mol. The molecule has 0 aliphatic heterocycles. The lowest BCUT2D eigenvalue weighted by Crippen LogP contribution is -2.30. The number of nitrogens with one attached hydrogen (secondary N) is 1. The molecule has 0 aliphatic carbocycles. The van der Waals surface area contributed by atoms with Crippen molar-refractivity contribution in [2.24, 2.45) is 5.84 Å². The van der Waals surface area contributed by atoms with Crippen molar-refractivity contribution in [3.05, 3.63) is 69.0 Å². The van der Waals surface area contributed by atoms with Gasteiger partial charge >= 0.3 is 0 Å². The normalized spacial score (nSPS) is 12.4. The van der Waals surface area contributed by atoms with E-state index in [9.17, 15) is 4.39 Å². The first kappa shape index (κ1) is 15.3. The maximum absolute atomic E-state index is 13.9. The highest BCUT2D eigenvalue weighted by Crippen LogP contribution is 2.28. The van der Waals surface area contributed by atoms with Crippen LogP contribution in [0.25, 0.3) is 0 Å². The van der Waals surface area contributed by atoms with Crippen LogP contribution in [0.2, 0.25) is 10.0 Å². The fourth-order valence-electron chi connectivity index (χ4n) is 2.18. The molecule has 0 aromatic heterocycles. The molecule has 0 bridgehead atoms. The Morgan fingerprint density at radius 2 is 2.00 bits per heavy atom. The lowest BCUT2D eigenvalue weighted by atomic mass is 9.95. The molecule has 20 heavy (non-hydrogen) atoms. The quantitative estimate of drug-likeness (QED) is 0.656. The Labute approximate surface area is 127 Å². The van der Waals surface area contributed by atoms with E-state index < -0.39 is 0 Å². The van der Waals surface area contributed by atoms with Gasteiger partial charge in [0.15, 0.2) is 0 Å². The van der Waals surface area contributed by atoms with Crippen LogP contribution < -0.4 is 11.3 Å². The maximum Gasteiger partial charge on any atom is 0.127 e. The minimum atomic E-state index is -0.336. The van der Waals surface area contributed by atoms with Gasteiger partial charge in [-0.15, -0.1) is 0 Å². The molecule has 1 unspecified atom stereocenters. The molecule has 0 saturated carbocycles. The van der Waals surface area contributed by atoms with Gasteiger partial charge < -0.3 is 0 Å². The first-order valence-electron chi connectivity index (χ1n) is 6.18. The summed E-state index contributed by atoms with van der Waals surface area (Å²) in [4.78, 5) is 0. The molecule has 5 heteroatoms. The van der Waals surface area contributed by atoms with Crippen molar-refractivity contribution in [1.29, 1.82) is 0 Å². The molecule has 0 heterocycles. The van der Waals surface area contributed by atoms with Crippen LogP contribution in [0, 0.1) is 12.7 Å². The van der Waals surface area contributed by atoms with Crippen LogP contribution in [0.3, 0.4) is 0 Å². The van der Waals surface area contributed by atoms with E-state index in [2.05, 4.69) is 5.43 Å². The number of benzene rings is 2. The number of hydrazine groups is 1. The predicted octanol–water partition coefficient (Wildman–Crippen LogP) is 4.19. The van der Waals surface area contributed by atoms with Gasteiger partial charge in [0, 0.05) is 15.6 Å². The topological polar surface area (TPSA) is 38.0 Å². The number of halogens is 3. The summed E-state index contributed by atoms with van der Waals surface area (Å²) in [6, 6.07) is 9.92. The van der Waals surface area contributed by atoms with Gasteiger partial charge in [0.1, 0.15) is 5.82 Å². The highest BCUT2D eigenvalue weighted by atomic mass is 35.5. The SMILES string of the molecule is Cc1ccc(Cl)cc1C(Cc1c(F)cccc1Cl)NN. The summed E-state index contributed by atoms with van der Waals surface area (Å²) in [6.07, 6.45) is 0.350. The molecule has 1 atom stereocenters. The Morgan fingerprint density at radius 3 is 2.65 bits per heavy atom. The summed E-state index contributed by atoms with van der Waals surface area (Å²) >= 11 is 12.1. The molecular formula is C15H15Cl2FN2. The van der Waals surface area contributed by atoms with E-state index >= 15 is 0 Å². The minimum Gasteiger partial charge on any atom is -0.271 e. The highest BCUT2D eigenvalue weighted by Gasteiger charge is 2.17. The van der Waals surface area contributed by atoms with E-state index in [1.165, 1.54) is 6.07 Å². The average molecular weight is 313 g/mol. The highest BCUT2D eigenvalue weighted by molar-refractivity contribution is 6.31. The minimum absolute atomic E-state index is 0.261. The van der Waals surface area contributed by atoms with E-state index in [1.807, 2.05) is 25.1 Å². The first-order chi connectivity index (χ1) is 9.52. The lowest BCUT2D eigenvalue weighted by molar-refractivity contribution is 0.527. The molecule has 2 aromatic rings. The van der Waals surface area contributed by atoms with E-state index in [1.54, 1.807) is 12.1 Å². The Morgan fingerprint density at radius 1 is 1.25 bits per heavy atom. The molecule has 0 spiro atoms. The van der Waals surface area contributed by atoms with E-state index in [0.717, 1.165) is 11.1 Å². The van der Waals surface area contributed by atoms with Crippen molar-refractivity contribution < 1.29 is 4.39 Å². The Balaban J connectivity index is 2.36. The van der Waals surface area contributed by atoms with Crippen molar-refractivity contribution in [3.8, 4) is 0 Å². The molecule has 0 radical (unpaired) electrons. The second-order valence-electron chi connectivity index (χ2n) is 4.62. The number of hydrogen-bond acceptors (Lipinski definition) is 2. The molecule has 3 N–H and O–H groups in total. The predicted molar refractivity (Wildman–Crippen MR) is 81.4 cm³/mol. The summed E-state index contributed by atoms with van der Waals surface area (Å²) in [5.41, 5.74) is 5.11. The largest absolute Gasteiger partial charge is 0.271 e. The van der Waals surface area contributed by atoms with E-state index in [0.29, 0.717) is 22.0 Å². The van der Waals surface area contributed by atoms with Crippen LogP contribution in [-0.4, -0.2) is 0 Å². The number of hydrogen-bond donors (Lipinski definition) is 2. The standard InChI is InChI=1S/C15H15Cl2FN2/c1-9-5-6-10(16)7-11(9)15(20-19)8-12-13(17)3-2-4-14(12)18/h2-7,15,20H,8,19H2,1H3. The van der Waals surface area contributed by atoms with Gasteiger partial charge in [-0.2, -0.15) is 0 Å². The van der Waals surface area contributed by atoms with Gasteiger partial charge in [-0.25, -0.2) is 4.39 Å². The van der Waals surface area contributed by atoms with Gasteiger partial charge in [0.05, 0.1) is 6.04 Å². The van der Waals surface area contributed by atoms with E-state index in [4.69, 9.17) is 29.0 Å². The van der Waals surface area contributed by atoms with Crippen LogP contribution in [0.1, 0.15) is 22.7 Å². The summed E-state index contributed by atoms with van der Waals surface area (Å²) in [7, 11) is 0. The Hall–Kier alpha value is -1.13. The number of aryl methyl sites for hydroxylation is 1. The third kappa shape index (κ3) is 3.30. The Bertz CT molecular complexity index is 597.